The van der Waals surface area contributed by atoms with E-state index in [9.17, 15) is 5.11 Å². The molecule has 0 aliphatic carbocycles. The van der Waals surface area contributed by atoms with Crippen LogP contribution in [0, 0.1) is 5.92 Å². The minimum atomic E-state index is -0.211. The van der Waals surface area contributed by atoms with E-state index in [1.165, 1.54) is 0 Å². The Labute approximate surface area is 123 Å². The second-order valence-electron chi connectivity index (χ2n) is 5.43. The smallest absolute Gasteiger partial charge is 0.142 e. The predicted octanol–water partition coefficient (Wildman–Crippen LogP) is 2.41. The van der Waals surface area contributed by atoms with Crippen molar-refractivity contribution in [2.75, 3.05) is 13.1 Å². The van der Waals surface area contributed by atoms with Crippen molar-refractivity contribution < 1.29 is 5.11 Å². The van der Waals surface area contributed by atoms with Crippen molar-refractivity contribution in [1.29, 1.82) is 0 Å². The molecule has 1 saturated heterocycles. The van der Waals surface area contributed by atoms with Gasteiger partial charge in [0, 0.05) is 24.7 Å². The van der Waals surface area contributed by atoms with Gasteiger partial charge in [0.25, 0.3) is 0 Å². The SMILES string of the molecule is CC1CCN(Cc2csc(-c3ccccn3)n2)CC1O. The largest absolute Gasteiger partial charge is 0.392 e. The van der Waals surface area contributed by atoms with E-state index in [-0.39, 0.29) is 6.10 Å². The standard InChI is InChI=1S/C15H19N3OS/c1-11-5-7-18(9-14(11)19)8-12-10-20-15(17-12)13-4-2-3-6-16-13/h2-4,6,10-11,14,19H,5,7-9H2,1H3. The topological polar surface area (TPSA) is 49.2 Å². The van der Waals surface area contributed by atoms with Crippen LogP contribution in [-0.2, 0) is 6.54 Å². The number of aliphatic hydroxyl groups is 1. The number of nitrogens with zero attached hydrogens (tertiary/aromatic N) is 3. The van der Waals surface area contributed by atoms with E-state index < -0.39 is 0 Å². The molecule has 2 atom stereocenters. The Morgan fingerprint density at radius 1 is 1.45 bits per heavy atom. The normalized spacial score (nSPS) is 23.9. The van der Waals surface area contributed by atoms with Crippen LogP contribution in [0.4, 0.5) is 0 Å². The van der Waals surface area contributed by atoms with Gasteiger partial charge in [0.1, 0.15) is 5.01 Å². The highest BCUT2D eigenvalue weighted by atomic mass is 32.1. The Morgan fingerprint density at radius 2 is 2.35 bits per heavy atom. The van der Waals surface area contributed by atoms with E-state index in [0.29, 0.717) is 5.92 Å². The third-order valence-corrected chi connectivity index (χ3v) is 4.74. The van der Waals surface area contributed by atoms with Crippen molar-refractivity contribution >= 4 is 11.3 Å². The second kappa shape index (κ2) is 5.99. The molecule has 0 saturated carbocycles. The summed E-state index contributed by atoms with van der Waals surface area (Å²) in [5.74, 6) is 0.408. The summed E-state index contributed by atoms with van der Waals surface area (Å²) in [7, 11) is 0. The first kappa shape index (κ1) is 13.7. The highest BCUT2D eigenvalue weighted by Crippen LogP contribution is 2.23. The number of likely N-dealkylation sites (tertiary alicyclic amines) is 1. The van der Waals surface area contributed by atoms with Crippen LogP contribution in [0.25, 0.3) is 10.7 Å². The number of rotatable bonds is 3. The quantitative estimate of drug-likeness (QED) is 0.942. The van der Waals surface area contributed by atoms with Crippen molar-refractivity contribution in [3.05, 3.63) is 35.5 Å². The summed E-state index contributed by atoms with van der Waals surface area (Å²) in [5.41, 5.74) is 1.99. The van der Waals surface area contributed by atoms with E-state index in [4.69, 9.17) is 0 Å². The lowest BCUT2D eigenvalue weighted by Gasteiger charge is -2.33. The molecule has 0 bridgehead atoms. The predicted molar refractivity (Wildman–Crippen MR) is 80.4 cm³/mol. The van der Waals surface area contributed by atoms with Crippen LogP contribution in [0.15, 0.2) is 29.8 Å². The van der Waals surface area contributed by atoms with Crippen LogP contribution in [0.3, 0.4) is 0 Å². The van der Waals surface area contributed by atoms with Gasteiger partial charge in [-0.3, -0.25) is 9.88 Å². The van der Waals surface area contributed by atoms with Gasteiger partial charge in [-0.2, -0.15) is 0 Å². The molecule has 5 heteroatoms. The van der Waals surface area contributed by atoms with Gasteiger partial charge >= 0.3 is 0 Å². The number of pyridine rings is 1. The Morgan fingerprint density at radius 3 is 3.10 bits per heavy atom. The van der Waals surface area contributed by atoms with E-state index >= 15 is 0 Å². The zero-order chi connectivity index (χ0) is 13.9. The van der Waals surface area contributed by atoms with Gasteiger partial charge in [-0.05, 0) is 31.0 Å². The van der Waals surface area contributed by atoms with Gasteiger partial charge in [0.05, 0.1) is 17.5 Å². The average Bonchev–Trinajstić information content (AvgIpc) is 2.92. The van der Waals surface area contributed by atoms with Gasteiger partial charge in [0.15, 0.2) is 0 Å². The molecule has 1 aliphatic rings. The maximum Gasteiger partial charge on any atom is 0.142 e. The molecule has 2 aromatic rings. The van der Waals surface area contributed by atoms with Crippen LogP contribution < -0.4 is 0 Å². The van der Waals surface area contributed by atoms with Crippen LogP contribution in [-0.4, -0.2) is 39.2 Å². The summed E-state index contributed by atoms with van der Waals surface area (Å²) in [6.07, 6.45) is 2.63. The first-order chi connectivity index (χ1) is 9.72. The molecule has 1 fully saturated rings. The molecule has 1 aliphatic heterocycles. The number of thiazole rings is 1. The molecule has 4 nitrogen and oxygen atoms in total. The van der Waals surface area contributed by atoms with Crippen LogP contribution >= 0.6 is 11.3 Å². The molecule has 0 amide bonds. The molecule has 0 aromatic carbocycles. The molecular formula is C15H19N3OS. The third kappa shape index (κ3) is 3.06. The van der Waals surface area contributed by atoms with Crippen molar-refractivity contribution in [3.8, 4) is 10.7 Å². The third-order valence-electron chi connectivity index (χ3n) is 3.82. The fourth-order valence-electron chi connectivity index (χ4n) is 2.47. The fraction of sp³-hybridized carbons (Fsp3) is 0.467. The Balaban J connectivity index is 1.66. The summed E-state index contributed by atoms with van der Waals surface area (Å²) in [5, 5.41) is 13.0. The number of β-amino-alcohol motifs (C(OH)–C–C–N with tert-alkyl or cyclic N) is 1. The van der Waals surface area contributed by atoms with Crippen LogP contribution in [0.1, 0.15) is 19.0 Å². The van der Waals surface area contributed by atoms with Gasteiger partial charge in [0.2, 0.25) is 0 Å². The summed E-state index contributed by atoms with van der Waals surface area (Å²) >= 11 is 1.63. The lowest BCUT2D eigenvalue weighted by atomic mass is 9.96. The molecule has 3 rings (SSSR count). The maximum atomic E-state index is 9.94. The molecule has 2 unspecified atom stereocenters. The number of hydrogen-bond acceptors (Lipinski definition) is 5. The summed E-state index contributed by atoms with van der Waals surface area (Å²) in [6, 6.07) is 5.87. The number of aromatic nitrogens is 2. The molecule has 0 radical (unpaired) electrons. The highest BCUT2D eigenvalue weighted by molar-refractivity contribution is 7.13. The van der Waals surface area contributed by atoms with Gasteiger partial charge < -0.3 is 5.11 Å². The first-order valence-electron chi connectivity index (χ1n) is 6.98. The second-order valence-corrected chi connectivity index (χ2v) is 6.29. The van der Waals surface area contributed by atoms with Gasteiger partial charge in [-0.15, -0.1) is 11.3 Å². The molecular weight excluding hydrogens is 270 g/mol. The van der Waals surface area contributed by atoms with E-state index in [1.807, 2.05) is 18.2 Å². The summed E-state index contributed by atoms with van der Waals surface area (Å²) in [4.78, 5) is 11.3. The monoisotopic (exact) mass is 289 g/mol. The fourth-order valence-corrected chi connectivity index (χ4v) is 3.26. The van der Waals surface area contributed by atoms with E-state index in [1.54, 1.807) is 17.5 Å². The minimum absolute atomic E-state index is 0.211. The lowest BCUT2D eigenvalue weighted by Crippen LogP contribution is -2.42. The van der Waals surface area contributed by atoms with Crippen molar-refractivity contribution in [2.45, 2.75) is 26.0 Å². The Hall–Kier alpha value is -1.30. The molecule has 3 heterocycles. The Kier molecular flexibility index (Phi) is 4.10. The van der Waals surface area contributed by atoms with Crippen LogP contribution in [0.5, 0.6) is 0 Å². The zero-order valence-electron chi connectivity index (χ0n) is 11.6. The summed E-state index contributed by atoms with van der Waals surface area (Å²) in [6.45, 7) is 4.71. The molecule has 20 heavy (non-hydrogen) atoms. The van der Waals surface area contributed by atoms with Crippen LogP contribution in [0.2, 0.25) is 0 Å². The first-order valence-corrected chi connectivity index (χ1v) is 7.86. The Bertz CT molecular complexity index is 557. The van der Waals surface area contributed by atoms with Gasteiger partial charge in [-0.25, -0.2) is 4.98 Å². The van der Waals surface area contributed by atoms with Crippen molar-refractivity contribution in [1.82, 2.24) is 14.9 Å². The molecule has 1 N–H and O–H groups in total. The summed E-state index contributed by atoms with van der Waals surface area (Å²) < 4.78 is 0. The van der Waals surface area contributed by atoms with E-state index in [0.717, 1.165) is 42.5 Å². The average molecular weight is 289 g/mol. The molecule has 2 aromatic heterocycles. The van der Waals surface area contributed by atoms with Crippen molar-refractivity contribution in [2.24, 2.45) is 5.92 Å². The lowest BCUT2D eigenvalue weighted by molar-refractivity contribution is 0.0255. The number of aliphatic hydroxyl groups excluding tert-OH is 1. The minimum Gasteiger partial charge on any atom is -0.392 e. The highest BCUT2D eigenvalue weighted by Gasteiger charge is 2.24. The number of piperidine rings is 1. The van der Waals surface area contributed by atoms with Gasteiger partial charge in [-0.1, -0.05) is 13.0 Å². The number of hydrogen-bond donors (Lipinski definition) is 1. The molecule has 106 valence electrons. The zero-order valence-corrected chi connectivity index (χ0v) is 12.4. The van der Waals surface area contributed by atoms with Crippen molar-refractivity contribution in [3.63, 3.8) is 0 Å². The maximum absolute atomic E-state index is 9.94. The van der Waals surface area contributed by atoms with E-state index in [2.05, 4.69) is 27.2 Å². The molecule has 0 spiro atoms.